The number of nitrogens with zero attached hydrogens (tertiary/aromatic N) is 3. The number of rotatable bonds is 4. The number of anilines is 1. The molecule has 2 aliphatic rings. The Balaban J connectivity index is 1.40. The smallest absolute Gasteiger partial charge is 0.241 e. The molecule has 1 atom stereocenters. The Labute approximate surface area is 170 Å². The van der Waals surface area contributed by atoms with Gasteiger partial charge < -0.3 is 4.90 Å². The minimum Gasteiger partial charge on any atom is -0.369 e. The van der Waals surface area contributed by atoms with Crippen LogP contribution < -0.4 is 4.90 Å². The fourth-order valence-electron chi connectivity index (χ4n) is 4.08. The fourth-order valence-corrected chi connectivity index (χ4v) is 4.26. The van der Waals surface area contributed by atoms with Gasteiger partial charge in [0.25, 0.3) is 0 Å². The lowest BCUT2D eigenvalue weighted by Crippen LogP contribution is -2.51. The van der Waals surface area contributed by atoms with E-state index >= 15 is 0 Å². The van der Waals surface area contributed by atoms with Crippen molar-refractivity contribution in [3.05, 3.63) is 65.2 Å². The molecule has 2 aromatic carbocycles. The average molecular weight is 398 g/mol. The second kappa shape index (κ2) is 7.57. The van der Waals surface area contributed by atoms with E-state index < -0.39 is 5.41 Å². The largest absolute Gasteiger partial charge is 0.369 e. The van der Waals surface area contributed by atoms with Crippen molar-refractivity contribution in [2.24, 2.45) is 0 Å². The van der Waals surface area contributed by atoms with Crippen LogP contribution >= 0.6 is 11.6 Å². The van der Waals surface area contributed by atoms with E-state index in [1.165, 1.54) is 4.90 Å². The van der Waals surface area contributed by atoms with E-state index in [9.17, 15) is 9.59 Å². The number of imide groups is 1. The molecule has 28 heavy (non-hydrogen) atoms. The predicted octanol–water partition coefficient (Wildman–Crippen LogP) is 3.14. The third-order valence-corrected chi connectivity index (χ3v) is 6.06. The predicted molar refractivity (Wildman–Crippen MR) is 110 cm³/mol. The number of hydrogen-bond donors (Lipinski definition) is 0. The number of carbonyl (C=O) groups excluding carboxylic acids is 2. The number of amides is 2. The van der Waals surface area contributed by atoms with Gasteiger partial charge >= 0.3 is 0 Å². The maximum Gasteiger partial charge on any atom is 0.241 e. The van der Waals surface area contributed by atoms with Crippen molar-refractivity contribution < 1.29 is 9.59 Å². The maximum absolute atomic E-state index is 13.1. The summed E-state index contributed by atoms with van der Waals surface area (Å²) in [6.45, 7) is 5.51. The lowest BCUT2D eigenvalue weighted by atomic mass is 9.81. The van der Waals surface area contributed by atoms with Crippen LogP contribution in [0.4, 0.5) is 5.69 Å². The quantitative estimate of drug-likeness (QED) is 0.743. The highest BCUT2D eigenvalue weighted by Gasteiger charge is 2.49. The highest BCUT2D eigenvalue weighted by atomic mass is 35.5. The van der Waals surface area contributed by atoms with Crippen LogP contribution in [0.1, 0.15) is 18.9 Å². The maximum atomic E-state index is 13.1. The topological polar surface area (TPSA) is 43.9 Å². The number of piperazine rings is 1. The Morgan fingerprint density at radius 2 is 1.68 bits per heavy atom. The summed E-state index contributed by atoms with van der Waals surface area (Å²) < 4.78 is 0. The molecular weight excluding hydrogens is 374 g/mol. The number of halogens is 1. The van der Waals surface area contributed by atoms with E-state index in [1.54, 1.807) is 0 Å². The van der Waals surface area contributed by atoms with Gasteiger partial charge in [-0.2, -0.15) is 0 Å². The van der Waals surface area contributed by atoms with Crippen LogP contribution in [-0.4, -0.2) is 54.5 Å². The van der Waals surface area contributed by atoms with Crippen LogP contribution in [0.25, 0.3) is 0 Å². The normalized spacial score (nSPS) is 23.5. The molecular formula is C22H24ClN3O2. The van der Waals surface area contributed by atoms with Crippen LogP contribution in [0.5, 0.6) is 0 Å². The monoisotopic (exact) mass is 397 g/mol. The molecule has 2 fully saturated rings. The van der Waals surface area contributed by atoms with Crippen LogP contribution in [0.3, 0.4) is 0 Å². The van der Waals surface area contributed by atoms with Gasteiger partial charge in [0, 0.05) is 43.3 Å². The summed E-state index contributed by atoms with van der Waals surface area (Å²) in [5, 5.41) is 0.730. The molecule has 0 spiro atoms. The minimum absolute atomic E-state index is 0.0892. The molecule has 0 aliphatic carbocycles. The van der Waals surface area contributed by atoms with Gasteiger partial charge in [0.05, 0.1) is 12.1 Å². The van der Waals surface area contributed by atoms with Gasteiger partial charge in [-0.05, 0) is 30.7 Å². The van der Waals surface area contributed by atoms with Crippen molar-refractivity contribution in [1.82, 2.24) is 9.80 Å². The molecule has 2 aromatic rings. The summed E-state index contributed by atoms with van der Waals surface area (Å²) in [7, 11) is 0. The fraction of sp³-hybridized carbons (Fsp3) is 0.364. The Hall–Kier alpha value is -2.37. The van der Waals surface area contributed by atoms with Crippen LogP contribution in [0.2, 0.25) is 5.02 Å². The van der Waals surface area contributed by atoms with Crippen molar-refractivity contribution in [2.45, 2.75) is 18.8 Å². The van der Waals surface area contributed by atoms with Crippen LogP contribution in [0, 0.1) is 0 Å². The molecule has 1 unspecified atom stereocenters. The summed E-state index contributed by atoms with van der Waals surface area (Å²) in [5.41, 5.74) is 1.25. The Kier molecular flexibility index (Phi) is 5.13. The lowest BCUT2D eigenvalue weighted by molar-refractivity contribution is -0.142. The molecule has 2 aliphatic heterocycles. The van der Waals surface area contributed by atoms with Gasteiger partial charge in [-0.1, -0.05) is 48.0 Å². The summed E-state index contributed by atoms with van der Waals surface area (Å²) in [4.78, 5) is 31.6. The van der Waals surface area contributed by atoms with E-state index in [2.05, 4.69) is 15.9 Å². The van der Waals surface area contributed by atoms with Crippen LogP contribution in [0.15, 0.2) is 54.6 Å². The Morgan fingerprint density at radius 3 is 2.36 bits per heavy atom. The van der Waals surface area contributed by atoms with Gasteiger partial charge in [0.15, 0.2) is 0 Å². The zero-order valence-electron chi connectivity index (χ0n) is 16.0. The van der Waals surface area contributed by atoms with Crippen LogP contribution in [-0.2, 0) is 15.0 Å². The van der Waals surface area contributed by atoms with Crippen molar-refractivity contribution in [3.8, 4) is 0 Å². The minimum atomic E-state index is -0.763. The summed E-state index contributed by atoms with van der Waals surface area (Å²) >= 11 is 6.10. The molecule has 0 N–H and O–H groups in total. The third-order valence-electron chi connectivity index (χ3n) is 5.82. The Morgan fingerprint density at radius 1 is 0.964 bits per heavy atom. The number of benzene rings is 2. The molecule has 0 bridgehead atoms. The van der Waals surface area contributed by atoms with Gasteiger partial charge in [-0.25, -0.2) is 0 Å². The zero-order chi connectivity index (χ0) is 19.7. The molecule has 0 radical (unpaired) electrons. The second-order valence-corrected chi connectivity index (χ2v) is 8.16. The summed E-state index contributed by atoms with van der Waals surface area (Å²) in [6.07, 6.45) is 0.234. The van der Waals surface area contributed by atoms with Gasteiger partial charge in [-0.15, -0.1) is 0 Å². The van der Waals surface area contributed by atoms with E-state index in [-0.39, 0.29) is 18.2 Å². The highest BCUT2D eigenvalue weighted by Crippen LogP contribution is 2.36. The lowest BCUT2D eigenvalue weighted by Gasteiger charge is -2.37. The number of likely N-dealkylation sites (tertiary alicyclic amines) is 1. The van der Waals surface area contributed by atoms with Crippen molar-refractivity contribution in [3.63, 3.8) is 0 Å². The van der Waals surface area contributed by atoms with Gasteiger partial charge in [0.1, 0.15) is 0 Å². The van der Waals surface area contributed by atoms with E-state index in [4.69, 9.17) is 11.6 Å². The molecule has 2 amide bonds. The third kappa shape index (κ3) is 3.52. The molecule has 0 aromatic heterocycles. The first kappa shape index (κ1) is 19.0. The first-order valence-electron chi connectivity index (χ1n) is 9.60. The van der Waals surface area contributed by atoms with Crippen molar-refractivity contribution in [2.75, 3.05) is 37.7 Å². The molecule has 5 nitrogen and oxygen atoms in total. The molecule has 2 heterocycles. The molecule has 0 saturated carbocycles. The molecule has 146 valence electrons. The number of hydrogen-bond acceptors (Lipinski definition) is 4. The molecule has 4 rings (SSSR count). The first-order valence-corrected chi connectivity index (χ1v) is 9.98. The highest BCUT2D eigenvalue weighted by molar-refractivity contribution is 6.30. The van der Waals surface area contributed by atoms with Gasteiger partial charge in [0.2, 0.25) is 11.8 Å². The van der Waals surface area contributed by atoms with Gasteiger partial charge in [-0.3, -0.25) is 19.4 Å². The summed E-state index contributed by atoms with van der Waals surface area (Å²) in [6, 6.07) is 17.5. The number of carbonyl (C=O) groups is 2. The van der Waals surface area contributed by atoms with Crippen molar-refractivity contribution in [1.29, 1.82) is 0 Å². The molecule has 2 saturated heterocycles. The summed E-state index contributed by atoms with van der Waals surface area (Å²) in [5.74, 6) is -0.186. The molecule has 6 heteroatoms. The Bertz CT molecular complexity index is 880. The standard InChI is InChI=1S/C22H24ClN3O2/c1-22(17-6-3-2-4-7-17)15-20(27)26(21(22)28)16-24-10-12-25(13-11-24)19-9-5-8-18(23)14-19/h2-9,14H,10-13,15-16H2,1H3. The van der Waals surface area contributed by atoms with Crippen molar-refractivity contribution >= 4 is 29.1 Å². The second-order valence-electron chi connectivity index (χ2n) is 7.73. The van der Waals surface area contributed by atoms with E-state index in [0.717, 1.165) is 42.5 Å². The zero-order valence-corrected chi connectivity index (χ0v) is 16.7. The average Bonchev–Trinajstić information content (AvgIpc) is 2.93. The first-order chi connectivity index (χ1) is 13.5. The van der Waals surface area contributed by atoms with E-state index in [0.29, 0.717) is 6.67 Å². The SMILES string of the molecule is CC1(c2ccccc2)CC(=O)N(CN2CCN(c3cccc(Cl)c3)CC2)C1=O. The van der Waals surface area contributed by atoms with E-state index in [1.807, 2.05) is 55.5 Å².